The van der Waals surface area contributed by atoms with Crippen molar-refractivity contribution in [1.29, 1.82) is 0 Å². The van der Waals surface area contributed by atoms with Crippen LogP contribution in [0, 0.1) is 0 Å². The van der Waals surface area contributed by atoms with E-state index in [-0.39, 0.29) is 12.1 Å². The van der Waals surface area contributed by atoms with Crippen LogP contribution >= 0.6 is 0 Å². The molecule has 3 rings (SSSR count). The molecule has 1 aliphatic rings. The minimum absolute atomic E-state index is 0.0229. The van der Waals surface area contributed by atoms with E-state index in [0.717, 1.165) is 12.1 Å². The molecule has 1 amide bonds. The molecule has 1 aromatic heterocycles. The van der Waals surface area contributed by atoms with Crippen molar-refractivity contribution in [2.45, 2.75) is 39.1 Å². The zero-order chi connectivity index (χ0) is 17.5. The fourth-order valence-corrected chi connectivity index (χ4v) is 3.27. The smallest absolute Gasteiger partial charge is 0.252 e. The molecule has 0 aliphatic carbocycles. The van der Waals surface area contributed by atoms with Gasteiger partial charge < -0.3 is 10.5 Å². The van der Waals surface area contributed by atoms with Crippen LogP contribution in [-0.2, 0) is 30.0 Å². The maximum Gasteiger partial charge on any atom is 0.252 e. The second-order valence-electron chi connectivity index (χ2n) is 6.89. The van der Waals surface area contributed by atoms with E-state index in [1.165, 1.54) is 11.1 Å². The number of primary amides is 1. The highest BCUT2D eigenvalue weighted by molar-refractivity contribution is 5.93. The number of nitrogens with zero attached hydrogens (tertiary/aromatic N) is 3. The number of ether oxygens (including phenoxy) is 1. The molecule has 0 saturated carbocycles. The van der Waals surface area contributed by atoms with Gasteiger partial charge in [-0.3, -0.25) is 14.4 Å². The minimum atomic E-state index is -0.481. The predicted molar refractivity (Wildman–Crippen MR) is 91.5 cm³/mol. The van der Waals surface area contributed by atoms with Gasteiger partial charge in [0.05, 0.1) is 18.7 Å². The molecular formula is C18H24N4O2. The number of benzene rings is 1. The van der Waals surface area contributed by atoms with Crippen LogP contribution in [0.25, 0.3) is 0 Å². The first kappa shape index (κ1) is 16.7. The van der Waals surface area contributed by atoms with Crippen LogP contribution in [0.5, 0.6) is 0 Å². The third-order valence-electron chi connectivity index (χ3n) is 4.92. The standard InChI is InChI=1S/C18H24N4O2/c1-18(2)15-7-12(5-6-13(15)9-21(18)3)8-22-10-14(17(19)23)16(20-22)11-24-4/h5-7,10H,8-9,11H2,1-4H3,(H2,19,23). The number of methoxy groups -OCH3 is 1. The van der Waals surface area contributed by atoms with Crippen molar-refractivity contribution in [2.75, 3.05) is 14.2 Å². The van der Waals surface area contributed by atoms with Gasteiger partial charge in [-0.1, -0.05) is 18.2 Å². The van der Waals surface area contributed by atoms with Gasteiger partial charge in [0.1, 0.15) is 5.69 Å². The van der Waals surface area contributed by atoms with E-state index in [1.807, 2.05) is 0 Å². The Balaban J connectivity index is 1.89. The van der Waals surface area contributed by atoms with Gasteiger partial charge >= 0.3 is 0 Å². The minimum Gasteiger partial charge on any atom is -0.378 e. The molecule has 2 N–H and O–H groups in total. The lowest BCUT2D eigenvalue weighted by atomic mass is 9.92. The van der Waals surface area contributed by atoms with Crippen LogP contribution in [0.3, 0.4) is 0 Å². The molecule has 6 heteroatoms. The van der Waals surface area contributed by atoms with E-state index in [4.69, 9.17) is 10.5 Å². The Bertz CT molecular complexity index is 779. The van der Waals surface area contributed by atoms with Gasteiger partial charge in [-0.25, -0.2) is 0 Å². The third-order valence-corrected chi connectivity index (χ3v) is 4.92. The Hall–Kier alpha value is -2.18. The molecular weight excluding hydrogens is 304 g/mol. The van der Waals surface area contributed by atoms with Crippen molar-refractivity contribution in [3.8, 4) is 0 Å². The van der Waals surface area contributed by atoms with E-state index in [0.29, 0.717) is 17.8 Å². The highest BCUT2D eigenvalue weighted by atomic mass is 16.5. The molecule has 0 atom stereocenters. The molecule has 6 nitrogen and oxygen atoms in total. The number of hydrogen-bond acceptors (Lipinski definition) is 4. The summed E-state index contributed by atoms with van der Waals surface area (Å²) in [6, 6.07) is 6.54. The number of hydrogen-bond donors (Lipinski definition) is 1. The van der Waals surface area contributed by atoms with Gasteiger partial charge in [-0.2, -0.15) is 5.10 Å². The van der Waals surface area contributed by atoms with Crippen molar-refractivity contribution < 1.29 is 9.53 Å². The Kier molecular flexibility index (Phi) is 4.19. The van der Waals surface area contributed by atoms with Crippen molar-refractivity contribution >= 4 is 5.91 Å². The van der Waals surface area contributed by atoms with Crippen LogP contribution in [0.2, 0.25) is 0 Å². The Morgan fingerprint density at radius 3 is 2.83 bits per heavy atom. The predicted octanol–water partition coefficient (Wildman–Crippen LogP) is 1.86. The molecule has 24 heavy (non-hydrogen) atoms. The number of fused-ring (bicyclic) bond motifs is 1. The molecule has 0 saturated heterocycles. The molecule has 0 fully saturated rings. The van der Waals surface area contributed by atoms with Gasteiger partial charge in [-0.05, 0) is 37.6 Å². The van der Waals surface area contributed by atoms with E-state index in [1.54, 1.807) is 18.0 Å². The normalized spacial score (nSPS) is 16.3. The monoisotopic (exact) mass is 328 g/mol. The van der Waals surface area contributed by atoms with Crippen molar-refractivity contribution in [3.63, 3.8) is 0 Å². The van der Waals surface area contributed by atoms with Crippen LogP contribution in [0.15, 0.2) is 24.4 Å². The Morgan fingerprint density at radius 2 is 2.17 bits per heavy atom. The van der Waals surface area contributed by atoms with Gasteiger partial charge in [0.25, 0.3) is 5.91 Å². The lowest BCUT2D eigenvalue weighted by molar-refractivity contribution is 0.0995. The van der Waals surface area contributed by atoms with Crippen LogP contribution in [0.1, 0.15) is 46.6 Å². The number of rotatable bonds is 5. The first-order valence-corrected chi connectivity index (χ1v) is 8.01. The fourth-order valence-electron chi connectivity index (χ4n) is 3.27. The summed E-state index contributed by atoms with van der Waals surface area (Å²) in [6.45, 7) is 6.30. The largest absolute Gasteiger partial charge is 0.378 e. The van der Waals surface area contributed by atoms with Gasteiger partial charge in [-0.15, -0.1) is 0 Å². The van der Waals surface area contributed by atoms with E-state index in [9.17, 15) is 4.79 Å². The summed E-state index contributed by atoms with van der Waals surface area (Å²) in [7, 11) is 3.71. The SMILES string of the molecule is COCc1nn(Cc2ccc3c(c2)C(C)(C)N(C)C3)cc1C(N)=O. The maximum absolute atomic E-state index is 11.5. The quantitative estimate of drug-likeness (QED) is 0.909. The second-order valence-corrected chi connectivity index (χ2v) is 6.89. The first-order chi connectivity index (χ1) is 11.3. The third kappa shape index (κ3) is 2.83. The molecule has 0 unspecified atom stereocenters. The lowest BCUT2D eigenvalue weighted by Gasteiger charge is -2.28. The molecule has 2 aromatic rings. The summed E-state index contributed by atoms with van der Waals surface area (Å²) >= 11 is 0. The van der Waals surface area contributed by atoms with Gasteiger partial charge in [0.2, 0.25) is 0 Å². The first-order valence-electron chi connectivity index (χ1n) is 8.01. The van der Waals surface area contributed by atoms with E-state index < -0.39 is 5.91 Å². The Labute approximate surface area is 142 Å². The summed E-state index contributed by atoms with van der Waals surface area (Å²) < 4.78 is 6.84. The number of aromatic nitrogens is 2. The number of amides is 1. The van der Waals surface area contributed by atoms with Crippen LogP contribution in [-0.4, -0.2) is 34.7 Å². The topological polar surface area (TPSA) is 73.4 Å². The molecule has 2 heterocycles. The number of carbonyl (C=O) groups excluding carboxylic acids is 1. The van der Waals surface area contributed by atoms with Crippen molar-refractivity contribution in [3.05, 3.63) is 52.3 Å². The van der Waals surface area contributed by atoms with Crippen LogP contribution < -0.4 is 5.73 Å². The number of nitrogens with two attached hydrogens (primary N) is 1. The molecule has 0 bridgehead atoms. The van der Waals surface area contributed by atoms with Crippen molar-refractivity contribution in [1.82, 2.24) is 14.7 Å². The molecule has 0 spiro atoms. The zero-order valence-corrected chi connectivity index (χ0v) is 14.7. The molecule has 1 aromatic carbocycles. The summed E-state index contributed by atoms with van der Waals surface area (Å²) in [5.74, 6) is -0.481. The number of carbonyl (C=O) groups is 1. The summed E-state index contributed by atoms with van der Waals surface area (Å²) in [5.41, 5.74) is 10.3. The van der Waals surface area contributed by atoms with Crippen LogP contribution in [0.4, 0.5) is 0 Å². The summed E-state index contributed by atoms with van der Waals surface area (Å²) in [5, 5.41) is 4.44. The average molecular weight is 328 g/mol. The molecule has 128 valence electrons. The average Bonchev–Trinajstić information content (AvgIpc) is 3.00. The zero-order valence-electron chi connectivity index (χ0n) is 14.7. The maximum atomic E-state index is 11.5. The molecule has 0 radical (unpaired) electrons. The highest BCUT2D eigenvalue weighted by Gasteiger charge is 2.34. The summed E-state index contributed by atoms with van der Waals surface area (Å²) in [4.78, 5) is 13.9. The van der Waals surface area contributed by atoms with E-state index in [2.05, 4.69) is 49.1 Å². The van der Waals surface area contributed by atoms with Crippen molar-refractivity contribution in [2.24, 2.45) is 5.73 Å². The summed E-state index contributed by atoms with van der Waals surface area (Å²) in [6.07, 6.45) is 1.70. The fraction of sp³-hybridized carbons (Fsp3) is 0.444. The second kappa shape index (κ2) is 6.03. The Morgan fingerprint density at radius 1 is 1.42 bits per heavy atom. The lowest BCUT2D eigenvalue weighted by Crippen LogP contribution is -2.31. The van der Waals surface area contributed by atoms with E-state index >= 15 is 0 Å². The van der Waals surface area contributed by atoms with Gasteiger partial charge in [0.15, 0.2) is 0 Å². The highest BCUT2D eigenvalue weighted by Crippen LogP contribution is 2.37. The molecule has 1 aliphatic heterocycles. The van der Waals surface area contributed by atoms with Gasteiger partial charge in [0, 0.05) is 25.4 Å².